The molecule has 3 heterocycles. The highest BCUT2D eigenvalue weighted by Gasteiger charge is 2.32. The maximum atomic E-state index is 13.5. The Hall–Kier alpha value is -4.45. The number of amides is 2. The minimum atomic E-state index is -0.597. The number of nitrogens with zero attached hydrogens (tertiary/aromatic N) is 4. The summed E-state index contributed by atoms with van der Waals surface area (Å²) >= 11 is 6.15. The molecular weight excluding hydrogens is 539 g/mol. The summed E-state index contributed by atoms with van der Waals surface area (Å²) in [7, 11) is 0. The molecule has 1 atom stereocenters. The number of rotatable bonds is 7. The molecule has 210 valence electrons. The van der Waals surface area contributed by atoms with Crippen molar-refractivity contribution in [1.29, 1.82) is 5.41 Å². The van der Waals surface area contributed by atoms with Gasteiger partial charge in [0.2, 0.25) is 11.8 Å². The van der Waals surface area contributed by atoms with Gasteiger partial charge in [-0.05, 0) is 55.8 Å². The first-order valence-electron chi connectivity index (χ1n) is 12.7. The molecule has 5 N–H and O–H groups in total. The maximum absolute atomic E-state index is 13.5. The molecule has 3 aromatic rings. The number of hydrogen-bond donors (Lipinski definition) is 4. The number of pyridine rings is 2. The number of benzene rings is 1. The van der Waals surface area contributed by atoms with Crippen LogP contribution in [0.1, 0.15) is 41.1 Å². The molecule has 0 aliphatic carbocycles. The molecule has 2 aromatic heterocycles. The molecule has 13 heteroatoms. The van der Waals surface area contributed by atoms with E-state index in [9.17, 15) is 14.0 Å². The molecule has 1 aliphatic heterocycles. The number of hydrazine groups is 1. The topological polar surface area (TPSA) is 150 Å². The number of nitrogens with one attached hydrogen (secondary N) is 3. The fourth-order valence-corrected chi connectivity index (χ4v) is 4.81. The standard InChI is InChI=1S/C27H30ClFN8O3/c1-3-17-15-36(26(39)18-8-7-16(29)14-20(18)28)12-13-37(17)22-10-9-21(19-6-5-11-32-25(19)40-4-2)33-23(22)24(38)34-35-27(30)31/h5-11,14,17H,3-4,12-13,15H2,1-2H3,(H,34,38)(H4,30,31,35)/t17-/m1/s1. The van der Waals surface area contributed by atoms with Crippen molar-refractivity contribution < 1.29 is 18.7 Å². The van der Waals surface area contributed by atoms with Gasteiger partial charge in [0.15, 0.2) is 5.69 Å². The van der Waals surface area contributed by atoms with Gasteiger partial charge in [-0.2, -0.15) is 0 Å². The zero-order chi connectivity index (χ0) is 28.8. The highest BCUT2D eigenvalue weighted by molar-refractivity contribution is 6.33. The summed E-state index contributed by atoms with van der Waals surface area (Å²) < 4.78 is 19.2. The molecule has 0 saturated carbocycles. The fourth-order valence-electron chi connectivity index (χ4n) is 4.56. The molecule has 1 fully saturated rings. The highest BCUT2D eigenvalue weighted by Crippen LogP contribution is 2.32. The largest absolute Gasteiger partial charge is 0.477 e. The lowest BCUT2D eigenvalue weighted by Gasteiger charge is -2.43. The minimum absolute atomic E-state index is 0.0546. The summed E-state index contributed by atoms with van der Waals surface area (Å²) in [4.78, 5) is 39.1. The molecule has 0 bridgehead atoms. The number of aromatic nitrogens is 2. The van der Waals surface area contributed by atoms with Crippen LogP contribution in [0.3, 0.4) is 0 Å². The quantitative estimate of drug-likeness (QED) is 0.193. The Kier molecular flexibility index (Phi) is 9.00. The van der Waals surface area contributed by atoms with E-state index in [-0.39, 0.29) is 28.2 Å². The summed E-state index contributed by atoms with van der Waals surface area (Å²) in [6.07, 6.45) is 2.27. The second kappa shape index (κ2) is 12.6. The van der Waals surface area contributed by atoms with Crippen LogP contribution in [-0.2, 0) is 0 Å². The average Bonchev–Trinajstić information content (AvgIpc) is 2.95. The second-order valence-electron chi connectivity index (χ2n) is 8.98. The third-order valence-corrected chi connectivity index (χ3v) is 6.75. The number of halogens is 2. The van der Waals surface area contributed by atoms with Crippen LogP contribution in [0.4, 0.5) is 10.1 Å². The van der Waals surface area contributed by atoms with Crippen molar-refractivity contribution in [3.05, 3.63) is 70.8 Å². The van der Waals surface area contributed by atoms with Gasteiger partial charge in [-0.25, -0.2) is 14.4 Å². The van der Waals surface area contributed by atoms with Gasteiger partial charge in [0, 0.05) is 31.9 Å². The summed E-state index contributed by atoms with van der Waals surface area (Å²) in [6.45, 7) is 5.34. The zero-order valence-electron chi connectivity index (χ0n) is 22.1. The van der Waals surface area contributed by atoms with E-state index in [1.165, 1.54) is 12.1 Å². The molecule has 11 nitrogen and oxygen atoms in total. The Bertz CT molecular complexity index is 1420. The molecule has 0 spiro atoms. The molecule has 40 heavy (non-hydrogen) atoms. The fraction of sp³-hybridized carbons (Fsp3) is 0.296. The Morgan fingerprint density at radius 2 is 2.00 bits per heavy atom. The lowest BCUT2D eigenvalue weighted by molar-refractivity contribution is 0.0720. The van der Waals surface area contributed by atoms with Crippen molar-refractivity contribution in [1.82, 2.24) is 25.7 Å². The van der Waals surface area contributed by atoms with Crippen LogP contribution in [0.25, 0.3) is 11.3 Å². The van der Waals surface area contributed by atoms with Crippen molar-refractivity contribution in [2.45, 2.75) is 26.3 Å². The van der Waals surface area contributed by atoms with Gasteiger partial charge in [-0.15, -0.1) is 0 Å². The summed E-state index contributed by atoms with van der Waals surface area (Å²) in [5, 5.41) is 7.46. The van der Waals surface area contributed by atoms with Crippen LogP contribution in [0.15, 0.2) is 48.7 Å². The monoisotopic (exact) mass is 568 g/mol. The number of ether oxygens (including phenoxy) is 1. The first kappa shape index (κ1) is 28.6. The lowest BCUT2D eigenvalue weighted by Crippen LogP contribution is -2.55. The van der Waals surface area contributed by atoms with Crippen molar-refractivity contribution in [3.8, 4) is 17.1 Å². The van der Waals surface area contributed by atoms with Gasteiger partial charge in [0.1, 0.15) is 5.82 Å². The number of hydrogen-bond acceptors (Lipinski definition) is 7. The first-order chi connectivity index (χ1) is 19.2. The highest BCUT2D eigenvalue weighted by atomic mass is 35.5. The zero-order valence-corrected chi connectivity index (χ0v) is 22.8. The summed E-state index contributed by atoms with van der Waals surface area (Å²) in [6, 6.07) is 10.7. The van der Waals surface area contributed by atoms with E-state index in [1.54, 1.807) is 35.4 Å². The molecule has 0 radical (unpaired) electrons. The van der Waals surface area contributed by atoms with E-state index in [1.807, 2.05) is 18.7 Å². The van der Waals surface area contributed by atoms with E-state index in [0.717, 1.165) is 6.07 Å². The van der Waals surface area contributed by atoms with Gasteiger partial charge in [0.25, 0.3) is 11.8 Å². The van der Waals surface area contributed by atoms with E-state index in [4.69, 9.17) is 27.5 Å². The number of carbonyl (C=O) groups is 2. The Morgan fingerprint density at radius 3 is 2.70 bits per heavy atom. The summed E-state index contributed by atoms with van der Waals surface area (Å²) in [5.74, 6) is -1.45. The molecule has 1 saturated heterocycles. The van der Waals surface area contributed by atoms with Crippen molar-refractivity contribution in [2.24, 2.45) is 5.73 Å². The molecular formula is C27H30ClFN8O3. The van der Waals surface area contributed by atoms with Gasteiger partial charge in [0.05, 0.1) is 34.1 Å². The normalized spacial score (nSPS) is 14.9. The number of anilines is 1. The number of guanidine groups is 1. The van der Waals surface area contributed by atoms with E-state index in [2.05, 4.69) is 20.8 Å². The van der Waals surface area contributed by atoms with Gasteiger partial charge in [-0.1, -0.05) is 18.5 Å². The Labute approximate surface area is 236 Å². The molecule has 2 amide bonds. The van der Waals surface area contributed by atoms with Crippen molar-refractivity contribution in [3.63, 3.8) is 0 Å². The maximum Gasteiger partial charge on any atom is 0.290 e. The van der Waals surface area contributed by atoms with E-state index >= 15 is 0 Å². The molecule has 1 aliphatic rings. The lowest BCUT2D eigenvalue weighted by atomic mass is 10.0. The minimum Gasteiger partial charge on any atom is -0.477 e. The smallest absolute Gasteiger partial charge is 0.290 e. The van der Waals surface area contributed by atoms with Crippen LogP contribution >= 0.6 is 11.6 Å². The van der Waals surface area contributed by atoms with Gasteiger partial charge in [-0.3, -0.25) is 25.8 Å². The van der Waals surface area contributed by atoms with Gasteiger partial charge >= 0.3 is 0 Å². The Balaban J connectivity index is 1.67. The number of carbonyl (C=O) groups excluding carboxylic acids is 2. The van der Waals surface area contributed by atoms with Crippen molar-refractivity contribution >= 4 is 35.1 Å². The van der Waals surface area contributed by atoms with Gasteiger partial charge < -0.3 is 20.3 Å². The van der Waals surface area contributed by atoms with Crippen LogP contribution in [-0.4, -0.2) is 64.9 Å². The Morgan fingerprint density at radius 1 is 1.20 bits per heavy atom. The van der Waals surface area contributed by atoms with Crippen LogP contribution in [0.2, 0.25) is 5.02 Å². The predicted octanol–water partition coefficient (Wildman–Crippen LogP) is 3.20. The van der Waals surface area contributed by atoms with E-state index < -0.39 is 17.7 Å². The van der Waals surface area contributed by atoms with Crippen LogP contribution < -0.4 is 26.2 Å². The van der Waals surface area contributed by atoms with Crippen LogP contribution in [0.5, 0.6) is 5.88 Å². The molecule has 4 rings (SSSR count). The SMILES string of the molecule is CCOc1ncccc1-c1ccc(N2CCN(C(=O)c3ccc(F)cc3Cl)C[C@H]2CC)c(C(=O)NNC(=N)N)n1. The average molecular weight is 569 g/mol. The van der Waals surface area contributed by atoms with Crippen molar-refractivity contribution in [2.75, 3.05) is 31.1 Å². The van der Waals surface area contributed by atoms with Crippen LogP contribution in [0, 0.1) is 11.2 Å². The predicted molar refractivity (Wildman–Crippen MR) is 150 cm³/mol. The number of nitrogens with two attached hydrogens (primary N) is 1. The number of piperazine rings is 1. The molecule has 1 aromatic carbocycles. The third kappa shape index (κ3) is 6.23. The summed E-state index contributed by atoms with van der Waals surface area (Å²) in [5.41, 5.74) is 12.0. The first-order valence-corrected chi connectivity index (χ1v) is 13.1. The third-order valence-electron chi connectivity index (χ3n) is 6.44. The van der Waals surface area contributed by atoms with E-state index in [0.29, 0.717) is 55.5 Å². The molecule has 0 unspecified atom stereocenters. The second-order valence-corrected chi connectivity index (χ2v) is 9.38.